The average Bonchev–Trinajstić information content (AvgIpc) is 2.20. The summed E-state index contributed by atoms with van der Waals surface area (Å²) in [4.78, 5) is 0. The van der Waals surface area contributed by atoms with Crippen LogP contribution in [0.1, 0.15) is 18.9 Å². The molecular formula is C12H17BrO. The Labute approximate surface area is 94.6 Å². The monoisotopic (exact) mass is 256 g/mol. The first-order valence-corrected chi connectivity index (χ1v) is 6.12. The minimum atomic E-state index is 0.637. The Hall–Kier alpha value is -0.340. The third-order valence-corrected chi connectivity index (χ3v) is 2.57. The van der Waals surface area contributed by atoms with Gasteiger partial charge in [-0.3, -0.25) is 0 Å². The summed E-state index contributed by atoms with van der Waals surface area (Å²) in [6.07, 6.45) is 1.18. The molecule has 1 atom stereocenters. The molecule has 0 saturated heterocycles. The second kappa shape index (κ2) is 7.02. The van der Waals surface area contributed by atoms with Gasteiger partial charge in [0, 0.05) is 11.9 Å². The van der Waals surface area contributed by atoms with E-state index in [-0.39, 0.29) is 0 Å². The van der Waals surface area contributed by atoms with Crippen LogP contribution in [-0.4, -0.2) is 11.9 Å². The van der Waals surface area contributed by atoms with Gasteiger partial charge in [-0.15, -0.1) is 0 Å². The van der Waals surface area contributed by atoms with Crippen molar-refractivity contribution in [2.24, 2.45) is 5.92 Å². The molecule has 0 spiro atoms. The van der Waals surface area contributed by atoms with Crippen molar-refractivity contribution < 1.29 is 4.74 Å². The molecule has 0 unspecified atom stereocenters. The summed E-state index contributed by atoms with van der Waals surface area (Å²) in [6, 6.07) is 10.3. The molecule has 2 heteroatoms. The van der Waals surface area contributed by atoms with E-state index in [2.05, 4.69) is 35.0 Å². The van der Waals surface area contributed by atoms with E-state index in [9.17, 15) is 0 Å². The van der Waals surface area contributed by atoms with E-state index in [1.54, 1.807) is 0 Å². The van der Waals surface area contributed by atoms with Gasteiger partial charge < -0.3 is 4.74 Å². The summed E-state index contributed by atoms with van der Waals surface area (Å²) in [7, 11) is 0. The number of halogens is 1. The molecule has 0 bridgehead atoms. The number of ether oxygens (including phenoxy) is 1. The van der Waals surface area contributed by atoms with Crippen LogP contribution in [0, 0.1) is 5.92 Å². The van der Waals surface area contributed by atoms with Crippen LogP contribution in [0.4, 0.5) is 0 Å². The maximum Gasteiger partial charge on any atom is 0.0717 e. The zero-order valence-corrected chi connectivity index (χ0v) is 10.2. The zero-order valence-electron chi connectivity index (χ0n) is 8.58. The van der Waals surface area contributed by atoms with E-state index in [4.69, 9.17) is 4.74 Å². The second-order valence-corrected chi connectivity index (χ2v) is 4.38. The average molecular weight is 257 g/mol. The molecule has 1 aromatic rings. The third-order valence-electron chi connectivity index (χ3n) is 2.12. The molecule has 0 aliphatic rings. The van der Waals surface area contributed by atoms with E-state index in [1.165, 1.54) is 12.0 Å². The molecule has 0 amide bonds. The summed E-state index contributed by atoms with van der Waals surface area (Å²) >= 11 is 3.43. The normalized spacial score (nSPS) is 12.7. The van der Waals surface area contributed by atoms with Gasteiger partial charge >= 0.3 is 0 Å². The van der Waals surface area contributed by atoms with Crippen LogP contribution in [0.2, 0.25) is 0 Å². The van der Waals surface area contributed by atoms with E-state index in [0.717, 1.165) is 18.5 Å². The van der Waals surface area contributed by atoms with Gasteiger partial charge in [-0.05, 0) is 17.9 Å². The van der Waals surface area contributed by atoms with Gasteiger partial charge in [0.25, 0.3) is 0 Å². The first-order valence-electron chi connectivity index (χ1n) is 5.00. The van der Waals surface area contributed by atoms with Gasteiger partial charge in [-0.2, -0.15) is 0 Å². The van der Waals surface area contributed by atoms with E-state index >= 15 is 0 Å². The standard InChI is InChI=1S/C12H17BrO/c1-11(7-8-13)9-14-10-12-5-3-2-4-6-12/h2-6,11H,7-10H2,1H3/t11-/m1/s1. The van der Waals surface area contributed by atoms with Gasteiger partial charge in [0.05, 0.1) is 6.61 Å². The Morgan fingerprint density at radius 3 is 2.64 bits per heavy atom. The number of alkyl halides is 1. The van der Waals surface area contributed by atoms with Crippen molar-refractivity contribution >= 4 is 15.9 Å². The van der Waals surface area contributed by atoms with E-state index in [0.29, 0.717) is 5.92 Å². The highest BCUT2D eigenvalue weighted by atomic mass is 79.9. The lowest BCUT2D eigenvalue weighted by atomic mass is 10.1. The summed E-state index contributed by atoms with van der Waals surface area (Å²) < 4.78 is 5.61. The summed E-state index contributed by atoms with van der Waals surface area (Å²) in [5.74, 6) is 0.637. The van der Waals surface area contributed by atoms with Crippen molar-refractivity contribution in [3.05, 3.63) is 35.9 Å². The topological polar surface area (TPSA) is 9.23 Å². The quantitative estimate of drug-likeness (QED) is 0.707. The molecule has 0 saturated carbocycles. The molecule has 0 N–H and O–H groups in total. The number of hydrogen-bond donors (Lipinski definition) is 0. The Balaban J connectivity index is 2.16. The highest BCUT2D eigenvalue weighted by molar-refractivity contribution is 9.09. The molecule has 0 fully saturated rings. The molecule has 0 aliphatic heterocycles. The fourth-order valence-corrected chi connectivity index (χ4v) is 2.00. The summed E-state index contributed by atoms with van der Waals surface area (Å²) in [6.45, 7) is 3.79. The predicted octanol–water partition coefficient (Wildman–Crippen LogP) is 3.62. The van der Waals surface area contributed by atoms with Crippen LogP contribution in [-0.2, 0) is 11.3 Å². The lowest BCUT2D eigenvalue weighted by molar-refractivity contribution is 0.0914. The van der Waals surface area contributed by atoms with Crippen LogP contribution < -0.4 is 0 Å². The van der Waals surface area contributed by atoms with Crippen molar-refractivity contribution in [2.75, 3.05) is 11.9 Å². The summed E-state index contributed by atoms with van der Waals surface area (Å²) in [5.41, 5.74) is 1.25. The molecule has 1 rings (SSSR count). The number of benzene rings is 1. The number of rotatable bonds is 6. The van der Waals surface area contributed by atoms with Crippen molar-refractivity contribution in [2.45, 2.75) is 20.0 Å². The van der Waals surface area contributed by atoms with Gasteiger partial charge in [-0.1, -0.05) is 53.2 Å². The molecule has 0 aromatic heterocycles. The van der Waals surface area contributed by atoms with Crippen LogP contribution in [0.25, 0.3) is 0 Å². The molecule has 78 valence electrons. The minimum Gasteiger partial charge on any atom is -0.376 e. The SMILES string of the molecule is C[C@H](CCBr)COCc1ccccc1. The van der Waals surface area contributed by atoms with Crippen LogP contribution in [0.3, 0.4) is 0 Å². The molecular weight excluding hydrogens is 240 g/mol. The Bertz CT molecular complexity index is 235. The molecule has 1 aromatic carbocycles. The first kappa shape index (κ1) is 11.7. The molecule has 0 radical (unpaired) electrons. The smallest absolute Gasteiger partial charge is 0.0717 e. The fraction of sp³-hybridized carbons (Fsp3) is 0.500. The second-order valence-electron chi connectivity index (χ2n) is 3.58. The minimum absolute atomic E-state index is 0.637. The molecule has 0 aliphatic carbocycles. The van der Waals surface area contributed by atoms with Gasteiger partial charge in [0.2, 0.25) is 0 Å². The first-order chi connectivity index (χ1) is 6.83. The highest BCUT2D eigenvalue weighted by Gasteiger charge is 2.00. The summed E-state index contributed by atoms with van der Waals surface area (Å²) in [5, 5.41) is 1.06. The maximum absolute atomic E-state index is 5.61. The Morgan fingerprint density at radius 1 is 1.29 bits per heavy atom. The lowest BCUT2D eigenvalue weighted by Crippen LogP contribution is -2.06. The lowest BCUT2D eigenvalue weighted by Gasteiger charge is -2.10. The van der Waals surface area contributed by atoms with Crippen molar-refractivity contribution in [3.8, 4) is 0 Å². The van der Waals surface area contributed by atoms with Gasteiger partial charge in [0.15, 0.2) is 0 Å². The van der Waals surface area contributed by atoms with E-state index in [1.807, 2.05) is 18.2 Å². The third kappa shape index (κ3) is 4.77. The zero-order chi connectivity index (χ0) is 10.2. The largest absolute Gasteiger partial charge is 0.376 e. The van der Waals surface area contributed by atoms with Crippen molar-refractivity contribution in [1.29, 1.82) is 0 Å². The van der Waals surface area contributed by atoms with Gasteiger partial charge in [-0.25, -0.2) is 0 Å². The Morgan fingerprint density at radius 2 is 2.00 bits per heavy atom. The van der Waals surface area contributed by atoms with Crippen LogP contribution in [0.15, 0.2) is 30.3 Å². The van der Waals surface area contributed by atoms with Crippen LogP contribution >= 0.6 is 15.9 Å². The molecule has 14 heavy (non-hydrogen) atoms. The van der Waals surface area contributed by atoms with Crippen LogP contribution in [0.5, 0.6) is 0 Å². The van der Waals surface area contributed by atoms with E-state index < -0.39 is 0 Å². The number of hydrogen-bond acceptors (Lipinski definition) is 1. The maximum atomic E-state index is 5.61. The highest BCUT2D eigenvalue weighted by Crippen LogP contribution is 2.07. The molecule has 1 nitrogen and oxygen atoms in total. The van der Waals surface area contributed by atoms with Crippen molar-refractivity contribution in [1.82, 2.24) is 0 Å². The fourth-order valence-electron chi connectivity index (χ4n) is 1.22. The van der Waals surface area contributed by atoms with Crippen molar-refractivity contribution in [3.63, 3.8) is 0 Å². The van der Waals surface area contributed by atoms with Gasteiger partial charge in [0.1, 0.15) is 0 Å². The molecule has 0 heterocycles. The Kier molecular flexibility index (Phi) is 5.88. The predicted molar refractivity (Wildman–Crippen MR) is 63.7 cm³/mol.